The minimum atomic E-state index is 0. The Hall–Kier alpha value is 0.880. The van der Waals surface area contributed by atoms with Crippen LogP contribution in [0.4, 0.5) is 0 Å². The number of unbranched alkanes of at least 4 members (excludes halogenated alkanes) is 26. The van der Waals surface area contributed by atoms with E-state index in [1.807, 2.05) is 0 Å². The van der Waals surface area contributed by atoms with Crippen LogP contribution in [0.15, 0.2) is 0 Å². The van der Waals surface area contributed by atoms with Crippen molar-refractivity contribution in [3.8, 4) is 0 Å². The van der Waals surface area contributed by atoms with E-state index in [-0.39, 0.29) is 34.0 Å². The topological polar surface area (TPSA) is 8.88 Å². The number of halogens is 2. The Bertz CT molecular complexity index is 355. The van der Waals surface area contributed by atoms with E-state index < -0.39 is 0 Å². The molecule has 0 saturated heterocycles. The Morgan fingerprint density at radius 3 is 0.550 bits per heavy atom. The summed E-state index contributed by atoms with van der Waals surface area (Å²) in [7, 11) is 9.01. The van der Waals surface area contributed by atoms with E-state index in [9.17, 15) is 0 Å². The molecule has 248 valence electrons. The van der Waals surface area contributed by atoms with Crippen LogP contribution in [-0.4, -0.2) is 41.3 Å². The van der Waals surface area contributed by atoms with Gasteiger partial charge in [0.25, 0.3) is 0 Å². The van der Waals surface area contributed by atoms with Gasteiger partial charge in [0.15, 0.2) is 0 Å². The van der Waals surface area contributed by atoms with E-state index in [0.717, 1.165) is 0 Å². The normalized spacial score (nSPS) is 10.8. The van der Waals surface area contributed by atoms with E-state index in [4.69, 9.17) is 0 Å². The summed E-state index contributed by atoms with van der Waals surface area (Å²) in [6.07, 6.45) is 40.9. The number of rotatable bonds is 30. The lowest BCUT2D eigenvalue weighted by molar-refractivity contribution is -0.858. The van der Waals surface area contributed by atoms with Crippen molar-refractivity contribution < 1.29 is 43.8 Å². The van der Waals surface area contributed by atoms with Crippen LogP contribution in [-0.2, 0) is 0 Å². The number of quaternary nitrogens is 2. The highest BCUT2D eigenvalue weighted by molar-refractivity contribution is 4.50. The SMILES string of the molecule is CCCCCCCCCCCCCCCC[NH+](C)C.CCCCCCCCCCCCCCCC[NH+](C)C.[Br-].[Br-]. The Kier molecular flexibility index (Phi) is 53.0. The molecule has 0 unspecified atom stereocenters. The summed E-state index contributed by atoms with van der Waals surface area (Å²) in [6, 6.07) is 0. The quantitative estimate of drug-likeness (QED) is 0.107. The predicted octanol–water partition coefficient (Wildman–Crippen LogP) is 3.23. The van der Waals surface area contributed by atoms with Crippen LogP contribution < -0.4 is 43.8 Å². The minimum absolute atomic E-state index is 0. The highest BCUT2D eigenvalue weighted by Crippen LogP contribution is 2.14. The van der Waals surface area contributed by atoms with Gasteiger partial charge in [0.2, 0.25) is 0 Å². The molecule has 0 aromatic carbocycles. The Balaban J connectivity index is -0.000000309. The van der Waals surface area contributed by atoms with E-state index in [1.54, 1.807) is 9.80 Å². The molecule has 0 rings (SSSR count). The van der Waals surface area contributed by atoms with E-state index in [2.05, 4.69) is 42.0 Å². The van der Waals surface area contributed by atoms with Gasteiger partial charge >= 0.3 is 0 Å². The molecule has 2 N–H and O–H groups in total. The van der Waals surface area contributed by atoms with Crippen molar-refractivity contribution in [1.29, 1.82) is 0 Å². The van der Waals surface area contributed by atoms with Crippen LogP contribution in [0, 0.1) is 0 Å². The molecule has 0 saturated carbocycles. The number of nitrogens with one attached hydrogen (secondary N) is 2. The van der Waals surface area contributed by atoms with E-state index in [1.165, 1.54) is 193 Å². The van der Waals surface area contributed by atoms with E-state index in [0.29, 0.717) is 0 Å². The molecular weight excluding hydrogens is 620 g/mol. The maximum Gasteiger partial charge on any atom is 0.0766 e. The molecule has 0 fully saturated rings. The van der Waals surface area contributed by atoms with Gasteiger partial charge in [-0.2, -0.15) is 0 Å². The zero-order valence-electron chi connectivity index (χ0n) is 29.0. The average Bonchev–Trinajstić information content (AvgIpc) is 2.89. The van der Waals surface area contributed by atoms with Crippen LogP contribution in [0.1, 0.15) is 194 Å². The van der Waals surface area contributed by atoms with Crippen LogP contribution in [0.5, 0.6) is 0 Å². The molecule has 40 heavy (non-hydrogen) atoms. The molecule has 0 spiro atoms. The zero-order valence-corrected chi connectivity index (χ0v) is 32.1. The third-order valence-corrected chi connectivity index (χ3v) is 8.06. The van der Waals surface area contributed by atoms with Crippen molar-refractivity contribution in [2.45, 2.75) is 194 Å². The summed E-state index contributed by atoms with van der Waals surface area (Å²) in [6.45, 7) is 7.28. The van der Waals surface area contributed by atoms with Crippen molar-refractivity contribution in [1.82, 2.24) is 0 Å². The number of hydrogen-bond acceptors (Lipinski definition) is 0. The fourth-order valence-electron chi connectivity index (χ4n) is 5.35. The first-order chi connectivity index (χ1) is 18.5. The Morgan fingerprint density at radius 2 is 0.400 bits per heavy atom. The fraction of sp³-hybridized carbons (Fsp3) is 1.00. The van der Waals surface area contributed by atoms with Crippen molar-refractivity contribution >= 4 is 0 Å². The fourth-order valence-corrected chi connectivity index (χ4v) is 5.35. The predicted molar refractivity (Wildman–Crippen MR) is 176 cm³/mol. The zero-order chi connectivity index (χ0) is 28.4. The lowest BCUT2D eigenvalue weighted by atomic mass is 10.0. The summed E-state index contributed by atoms with van der Waals surface area (Å²) >= 11 is 0. The largest absolute Gasteiger partial charge is 1.00 e. The molecular formula is C36H80Br2N2. The minimum Gasteiger partial charge on any atom is -1.00 e. The van der Waals surface area contributed by atoms with Gasteiger partial charge < -0.3 is 43.8 Å². The lowest BCUT2D eigenvalue weighted by Gasteiger charge is -2.06. The standard InChI is InChI=1S/2C18H39N.2BrH/c2*1-4-5-6-7-8-9-10-11-12-13-14-15-16-17-18-19(2)3;;/h2*4-18H2,1-3H3;2*1H. The molecule has 0 amide bonds. The van der Waals surface area contributed by atoms with Gasteiger partial charge in [-0.05, 0) is 25.7 Å². The Morgan fingerprint density at radius 1 is 0.250 bits per heavy atom. The molecule has 2 nitrogen and oxygen atoms in total. The highest BCUT2D eigenvalue weighted by Gasteiger charge is 1.97. The van der Waals surface area contributed by atoms with Crippen LogP contribution in [0.25, 0.3) is 0 Å². The molecule has 0 atom stereocenters. The number of hydrogen-bond donors (Lipinski definition) is 2. The lowest BCUT2D eigenvalue weighted by Crippen LogP contribution is -3.05. The van der Waals surface area contributed by atoms with Gasteiger partial charge in [-0.1, -0.05) is 168 Å². The third kappa shape index (κ3) is 51.6. The maximum atomic E-state index is 2.29. The van der Waals surface area contributed by atoms with Crippen molar-refractivity contribution in [3.05, 3.63) is 0 Å². The summed E-state index contributed by atoms with van der Waals surface area (Å²) < 4.78 is 0. The second kappa shape index (κ2) is 44.3. The summed E-state index contributed by atoms with van der Waals surface area (Å²) in [5.74, 6) is 0. The Labute approximate surface area is 277 Å². The van der Waals surface area contributed by atoms with E-state index >= 15 is 0 Å². The smallest absolute Gasteiger partial charge is 0.0766 e. The molecule has 0 aliphatic rings. The molecule has 4 heteroatoms. The van der Waals surface area contributed by atoms with Crippen LogP contribution in [0.3, 0.4) is 0 Å². The van der Waals surface area contributed by atoms with Gasteiger partial charge in [-0.15, -0.1) is 0 Å². The summed E-state index contributed by atoms with van der Waals surface area (Å²) in [4.78, 5) is 3.19. The molecule has 0 radical (unpaired) electrons. The molecule has 0 aliphatic heterocycles. The molecule has 0 heterocycles. The second-order valence-corrected chi connectivity index (χ2v) is 13.1. The monoisotopic (exact) mass is 698 g/mol. The van der Waals surface area contributed by atoms with Gasteiger partial charge in [0, 0.05) is 0 Å². The van der Waals surface area contributed by atoms with Gasteiger partial charge in [0.05, 0.1) is 41.3 Å². The van der Waals surface area contributed by atoms with Gasteiger partial charge in [-0.3, -0.25) is 0 Å². The molecule has 0 aromatic rings. The van der Waals surface area contributed by atoms with Gasteiger partial charge in [0.1, 0.15) is 0 Å². The average molecular weight is 701 g/mol. The third-order valence-electron chi connectivity index (χ3n) is 8.06. The molecule has 0 bridgehead atoms. The highest BCUT2D eigenvalue weighted by atomic mass is 79.9. The van der Waals surface area contributed by atoms with Crippen molar-refractivity contribution in [2.24, 2.45) is 0 Å². The summed E-state index contributed by atoms with van der Waals surface area (Å²) in [5, 5.41) is 0. The summed E-state index contributed by atoms with van der Waals surface area (Å²) in [5.41, 5.74) is 0. The van der Waals surface area contributed by atoms with Gasteiger partial charge in [-0.25, -0.2) is 0 Å². The van der Waals surface area contributed by atoms with Crippen LogP contribution >= 0.6 is 0 Å². The molecule has 0 aliphatic carbocycles. The first-order valence-electron chi connectivity index (χ1n) is 18.1. The first kappa shape index (κ1) is 47.8. The van der Waals surface area contributed by atoms with Crippen molar-refractivity contribution in [2.75, 3.05) is 41.3 Å². The second-order valence-electron chi connectivity index (χ2n) is 13.1. The molecule has 0 aromatic heterocycles. The van der Waals surface area contributed by atoms with Crippen LogP contribution in [0.2, 0.25) is 0 Å². The van der Waals surface area contributed by atoms with Crippen molar-refractivity contribution in [3.63, 3.8) is 0 Å². The first-order valence-corrected chi connectivity index (χ1v) is 18.1. The maximum absolute atomic E-state index is 2.29.